The van der Waals surface area contributed by atoms with Gasteiger partial charge in [0.1, 0.15) is 5.75 Å². The van der Waals surface area contributed by atoms with Crippen molar-refractivity contribution in [1.82, 2.24) is 5.32 Å². The van der Waals surface area contributed by atoms with Gasteiger partial charge in [-0.25, -0.2) is 0 Å². The van der Waals surface area contributed by atoms with E-state index in [0.717, 1.165) is 18.4 Å². The molecule has 1 amide bonds. The molecule has 1 aliphatic carbocycles. The number of nitrogens with two attached hydrogens (primary N) is 1. The van der Waals surface area contributed by atoms with E-state index in [1.807, 2.05) is 0 Å². The first-order chi connectivity index (χ1) is 7.63. The number of amides is 1. The summed E-state index contributed by atoms with van der Waals surface area (Å²) in [6, 6.07) is 7.17. The number of carbonyl (C=O) groups excluding carboxylic acids is 1. The molecule has 1 aromatic carbocycles. The molecule has 1 aromatic rings. The van der Waals surface area contributed by atoms with E-state index in [2.05, 4.69) is 5.32 Å². The van der Waals surface area contributed by atoms with Crippen molar-refractivity contribution in [3.63, 3.8) is 0 Å². The fourth-order valence-electron chi connectivity index (χ4n) is 1.86. The van der Waals surface area contributed by atoms with Gasteiger partial charge in [0.05, 0.1) is 6.42 Å². The first kappa shape index (κ1) is 11.0. The predicted octanol–water partition coefficient (Wildman–Crippen LogP) is 0.541. The second-order valence-corrected chi connectivity index (χ2v) is 4.34. The summed E-state index contributed by atoms with van der Waals surface area (Å²) in [6.45, 7) is 0. The lowest BCUT2D eigenvalue weighted by molar-refractivity contribution is -0.121. The highest BCUT2D eigenvalue weighted by molar-refractivity contribution is 5.79. The van der Waals surface area contributed by atoms with E-state index in [9.17, 15) is 4.79 Å². The molecule has 1 aliphatic rings. The number of nitrogens with one attached hydrogen (secondary N) is 1. The molecule has 0 saturated heterocycles. The van der Waals surface area contributed by atoms with Crippen LogP contribution < -0.4 is 11.1 Å². The third-order valence-corrected chi connectivity index (χ3v) is 2.84. The molecule has 4 heteroatoms. The highest BCUT2D eigenvalue weighted by Crippen LogP contribution is 2.17. The van der Waals surface area contributed by atoms with Crippen LogP contribution in [-0.2, 0) is 11.2 Å². The number of hydrogen-bond acceptors (Lipinski definition) is 3. The molecule has 86 valence electrons. The first-order valence-corrected chi connectivity index (χ1v) is 5.46. The lowest BCUT2D eigenvalue weighted by Gasteiger charge is -2.32. The maximum atomic E-state index is 11.6. The van der Waals surface area contributed by atoms with Crippen molar-refractivity contribution in [2.75, 3.05) is 0 Å². The largest absolute Gasteiger partial charge is 0.508 e. The number of phenols is 1. The zero-order chi connectivity index (χ0) is 11.5. The van der Waals surface area contributed by atoms with Gasteiger partial charge in [-0.15, -0.1) is 0 Å². The lowest BCUT2D eigenvalue weighted by Crippen LogP contribution is -2.50. The SMILES string of the molecule is NC1CC(NC(=O)Cc2ccc(O)cc2)C1. The van der Waals surface area contributed by atoms with E-state index in [4.69, 9.17) is 10.8 Å². The standard InChI is InChI=1S/C12H16N2O2/c13-9-6-10(7-9)14-12(16)5-8-1-3-11(15)4-2-8/h1-4,9-10,15H,5-7,13H2,(H,14,16). The molecule has 0 aromatic heterocycles. The van der Waals surface area contributed by atoms with E-state index in [1.54, 1.807) is 24.3 Å². The summed E-state index contributed by atoms with van der Waals surface area (Å²) in [5.74, 6) is 0.233. The number of aromatic hydroxyl groups is 1. The van der Waals surface area contributed by atoms with Crippen molar-refractivity contribution < 1.29 is 9.90 Å². The molecule has 0 spiro atoms. The molecule has 4 nitrogen and oxygen atoms in total. The Morgan fingerprint density at radius 3 is 2.56 bits per heavy atom. The monoisotopic (exact) mass is 220 g/mol. The molecule has 1 fully saturated rings. The molecular formula is C12H16N2O2. The predicted molar refractivity (Wildman–Crippen MR) is 61.0 cm³/mol. The smallest absolute Gasteiger partial charge is 0.224 e. The molecule has 16 heavy (non-hydrogen) atoms. The summed E-state index contributed by atoms with van der Waals surface area (Å²) < 4.78 is 0. The molecule has 0 bridgehead atoms. The zero-order valence-electron chi connectivity index (χ0n) is 9.02. The summed E-state index contributed by atoms with van der Waals surface area (Å²) in [7, 11) is 0. The van der Waals surface area contributed by atoms with Gasteiger partial charge in [0.2, 0.25) is 5.91 Å². The highest BCUT2D eigenvalue weighted by atomic mass is 16.3. The molecule has 2 rings (SSSR count). The minimum Gasteiger partial charge on any atom is -0.508 e. The molecule has 0 atom stereocenters. The second kappa shape index (κ2) is 4.53. The third kappa shape index (κ3) is 2.73. The molecule has 4 N–H and O–H groups in total. The normalized spacial score (nSPS) is 23.6. The maximum absolute atomic E-state index is 11.6. The Balaban J connectivity index is 1.80. The zero-order valence-corrected chi connectivity index (χ0v) is 9.02. The van der Waals surface area contributed by atoms with Gasteiger partial charge in [-0.3, -0.25) is 4.79 Å². The van der Waals surface area contributed by atoms with Gasteiger partial charge in [0, 0.05) is 12.1 Å². The van der Waals surface area contributed by atoms with Crippen molar-refractivity contribution in [3.05, 3.63) is 29.8 Å². The van der Waals surface area contributed by atoms with Gasteiger partial charge in [0.25, 0.3) is 0 Å². The molecular weight excluding hydrogens is 204 g/mol. The average Bonchev–Trinajstić information content (AvgIpc) is 2.19. The summed E-state index contributed by atoms with van der Waals surface area (Å²) in [6.07, 6.45) is 2.11. The van der Waals surface area contributed by atoms with Gasteiger partial charge < -0.3 is 16.2 Å². The van der Waals surface area contributed by atoms with Crippen LogP contribution in [0.2, 0.25) is 0 Å². The quantitative estimate of drug-likeness (QED) is 0.696. The van der Waals surface area contributed by atoms with Gasteiger partial charge >= 0.3 is 0 Å². The number of hydrogen-bond donors (Lipinski definition) is 3. The summed E-state index contributed by atoms with van der Waals surface area (Å²) in [5.41, 5.74) is 6.54. The van der Waals surface area contributed by atoms with Crippen molar-refractivity contribution in [2.45, 2.75) is 31.3 Å². The Bertz CT molecular complexity index is 369. The van der Waals surface area contributed by atoms with Crippen LogP contribution in [0.3, 0.4) is 0 Å². The molecule has 0 unspecified atom stereocenters. The van der Waals surface area contributed by atoms with Crippen LogP contribution in [-0.4, -0.2) is 23.1 Å². The molecule has 1 saturated carbocycles. The van der Waals surface area contributed by atoms with Crippen molar-refractivity contribution in [2.24, 2.45) is 5.73 Å². The Kier molecular flexibility index (Phi) is 3.10. The van der Waals surface area contributed by atoms with Crippen molar-refractivity contribution in [1.29, 1.82) is 0 Å². The summed E-state index contributed by atoms with van der Waals surface area (Å²) >= 11 is 0. The van der Waals surface area contributed by atoms with Gasteiger partial charge in [-0.1, -0.05) is 12.1 Å². The first-order valence-electron chi connectivity index (χ1n) is 5.46. The van der Waals surface area contributed by atoms with Crippen LogP contribution in [0, 0.1) is 0 Å². The molecule has 0 heterocycles. The molecule has 0 radical (unpaired) electrons. The Morgan fingerprint density at radius 1 is 1.38 bits per heavy atom. The maximum Gasteiger partial charge on any atom is 0.224 e. The number of carbonyl (C=O) groups is 1. The van der Waals surface area contributed by atoms with Gasteiger partial charge in [-0.05, 0) is 30.5 Å². The minimum atomic E-state index is 0.0163. The Labute approximate surface area is 94.5 Å². The fourth-order valence-corrected chi connectivity index (χ4v) is 1.86. The van der Waals surface area contributed by atoms with Crippen LogP contribution in [0.25, 0.3) is 0 Å². The van der Waals surface area contributed by atoms with E-state index in [-0.39, 0.29) is 23.7 Å². The Hall–Kier alpha value is -1.55. The van der Waals surface area contributed by atoms with Crippen LogP contribution in [0.15, 0.2) is 24.3 Å². The second-order valence-electron chi connectivity index (χ2n) is 4.34. The van der Waals surface area contributed by atoms with Crippen molar-refractivity contribution in [3.8, 4) is 5.75 Å². The van der Waals surface area contributed by atoms with Crippen LogP contribution in [0.4, 0.5) is 0 Å². The number of benzene rings is 1. The summed E-state index contributed by atoms with van der Waals surface area (Å²) in [5, 5.41) is 12.0. The molecule has 0 aliphatic heterocycles. The minimum absolute atomic E-state index is 0.0163. The number of rotatable bonds is 3. The van der Waals surface area contributed by atoms with Crippen LogP contribution in [0.5, 0.6) is 5.75 Å². The van der Waals surface area contributed by atoms with Gasteiger partial charge in [-0.2, -0.15) is 0 Å². The van der Waals surface area contributed by atoms with E-state index >= 15 is 0 Å². The van der Waals surface area contributed by atoms with Crippen LogP contribution in [0.1, 0.15) is 18.4 Å². The summed E-state index contributed by atoms with van der Waals surface area (Å²) in [4.78, 5) is 11.6. The van der Waals surface area contributed by atoms with E-state index in [1.165, 1.54) is 0 Å². The highest BCUT2D eigenvalue weighted by Gasteiger charge is 2.26. The average molecular weight is 220 g/mol. The third-order valence-electron chi connectivity index (χ3n) is 2.84. The Morgan fingerprint density at radius 2 is 2.00 bits per heavy atom. The number of phenolic OH excluding ortho intramolecular Hbond substituents is 1. The van der Waals surface area contributed by atoms with Crippen molar-refractivity contribution >= 4 is 5.91 Å². The van der Waals surface area contributed by atoms with Gasteiger partial charge in [0.15, 0.2) is 0 Å². The van der Waals surface area contributed by atoms with E-state index < -0.39 is 0 Å². The van der Waals surface area contributed by atoms with E-state index in [0.29, 0.717) is 6.42 Å². The fraction of sp³-hybridized carbons (Fsp3) is 0.417. The lowest BCUT2D eigenvalue weighted by atomic mass is 9.87. The van der Waals surface area contributed by atoms with Crippen LogP contribution >= 0.6 is 0 Å². The topological polar surface area (TPSA) is 75.3 Å².